The Morgan fingerprint density at radius 3 is 2.95 bits per heavy atom. The van der Waals surface area contributed by atoms with E-state index in [4.69, 9.17) is 16.3 Å². The summed E-state index contributed by atoms with van der Waals surface area (Å²) in [4.78, 5) is 4.02. The van der Waals surface area contributed by atoms with Crippen LogP contribution < -0.4 is 10.0 Å². The first-order valence-electron chi connectivity index (χ1n) is 5.93. The standard InChI is InChI=1S/C11H16ClN3O3S/c1-13-11-10(12)4-9(6-14-11)19(16,17)15-5-8-2-3-18-7-8/h4,6,8,15H,2-3,5,7H2,1H3,(H,13,14). The molecule has 1 aromatic rings. The molecule has 2 rings (SSSR count). The van der Waals surface area contributed by atoms with E-state index in [1.807, 2.05) is 0 Å². The van der Waals surface area contributed by atoms with E-state index in [1.165, 1.54) is 12.3 Å². The maximum atomic E-state index is 12.1. The number of nitrogens with one attached hydrogen (secondary N) is 2. The van der Waals surface area contributed by atoms with E-state index < -0.39 is 10.0 Å². The molecule has 1 fully saturated rings. The Hall–Kier alpha value is -0.890. The van der Waals surface area contributed by atoms with Gasteiger partial charge in [-0.25, -0.2) is 18.1 Å². The molecule has 2 N–H and O–H groups in total. The number of aromatic nitrogens is 1. The number of pyridine rings is 1. The Kier molecular flexibility index (Phi) is 4.62. The van der Waals surface area contributed by atoms with E-state index in [1.54, 1.807) is 7.05 Å². The van der Waals surface area contributed by atoms with Crippen molar-refractivity contribution in [3.8, 4) is 0 Å². The number of ether oxygens (including phenoxy) is 1. The minimum absolute atomic E-state index is 0.0652. The highest BCUT2D eigenvalue weighted by molar-refractivity contribution is 7.89. The third-order valence-corrected chi connectivity index (χ3v) is 4.63. The highest BCUT2D eigenvalue weighted by Gasteiger charge is 2.21. The summed E-state index contributed by atoms with van der Waals surface area (Å²) < 4.78 is 31.9. The maximum absolute atomic E-state index is 12.1. The molecule has 0 spiro atoms. The first-order chi connectivity index (χ1) is 9.03. The summed E-state index contributed by atoms with van der Waals surface area (Å²) in [5, 5.41) is 3.05. The SMILES string of the molecule is CNc1ncc(S(=O)(=O)NCC2CCOC2)cc1Cl. The summed E-state index contributed by atoms with van der Waals surface area (Å²) in [6, 6.07) is 1.38. The zero-order valence-corrected chi connectivity index (χ0v) is 12.1. The molecular weight excluding hydrogens is 290 g/mol. The number of nitrogens with zero attached hydrogens (tertiary/aromatic N) is 1. The van der Waals surface area contributed by atoms with Crippen LogP contribution in [-0.2, 0) is 14.8 Å². The Morgan fingerprint density at radius 2 is 2.37 bits per heavy atom. The van der Waals surface area contributed by atoms with Gasteiger partial charge < -0.3 is 10.1 Å². The summed E-state index contributed by atoms with van der Waals surface area (Å²) >= 11 is 5.93. The lowest BCUT2D eigenvalue weighted by Crippen LogP contribution is -2.29. The Morgan fingerprint density at radius 1 is 1.58 bits per heavy atom. The van der Waals surface area contributed by atoms with Crippen molar-refractivity contribution in [2.45, 2.75) is 11.3 Å². The minimum Gasteiger partial charge on any atom is -0.381 e. The first kappa shape index (κ1) is 14.5. The van der Waals surface area contributed by atoms with E-state index >= 15 is 0 Å². The van der Waals surface area contributed by atoms with Crippen molar-refractivity contribution in [3.05, 3.63) is 17.3 Å². The van der Waals surface area contributed by atoms with Gasteiger partial charge in [0.05, 0.1) is 11.6 Å². The largest absolute Gasteiger partial charge is 0.381 e. The second-order valence-electron chi connectivity index (χ2n) is 4.33. The number of anilines is 1. The van der Waals surface area contributed by atoms with Gasteiger partial charge in [0.15, 0.2) is 0 Å². The Labute approximate surface area is 117 Å². The molecule has 8 heteroatoms. The van der Waals surface area contributed by atoms with Gasteiger partial charge in [-0.15, -0.1) is 0 Å². The molecule has 0 bridgehead atoms. The third kappa shape index (κ3) is 3.56. The number of hydrogen-bond acceptors (Lipinski definition) is 5. The zero-order chi connectivity index (χ0) is 13.9. The summed E-state index contributed by atoms with van der Waals surface area (Å²) in [7, 11) is -1.91. The number of hydrogen-bond donors (Lipinski definition) is 2. The molecule has 106 valence electrons. The molecule has 1 atom stereocenters. The molecular formula is C11H16ClN3O3S. The molecule has 1 aliphatic rings. The molecule has 1 aliphatic heterocycles. The molecule has 0 radical (unpaired) electrons. The van der Waals surface area contributed by atoms with E-state index in [-0.39, 0.29) is 15.8 Å². The molecule has 1 saturated heterocycles. The van der Waals surface area contributed by atoms with Gasteiger partial charge in [-0.1, -0.05) is 11.6 Å². The van der Waals surface area contributed by atoms with Crippen molar-refractivity contribution in [1.29, 1.82) is 0 Å². The molecule has 1 unspecified atom stereocenters. The molecule has 19 heavy (non-hydrogen) atoms. The topological polar surface area (TPSA) is 80.3 Å². The molecule has 0 aromatic carbocycles. The van der Waals surface area contributed by atoms with Crippen LogP contribution in [-0.4, -0.2) is 40.2 Å². The Balaban J connectivity index is 2.08. The van der Waals surface area contributed by atoms with Crippen molar-refractivity contribution in [1.82, 2.24) is 9.71 Å². The summed E-state index contributed by atoms with van der Waals surface area (Å²) in [6.07, 6.45) is 2.16. The van der Waals surface area contributed by atoms with E-state index in [0.29, 0.717) is 25.6 Å². The van der Waals surface area contributed by atoms with Crippen molar-refractivity contribution in [3.63, 3.8) is 0 Å². The van der Waals surface area contributed by atoms with Crippen LogP contribution in [0.3, 0.4) is 0 Å². The van der Waals surface area contributed by atoms with Gasteiger partial charge in [-0.3, -0.25) is 0 Å². The lowest BCUT2D eigenvalue weighted by molar-refractivity contribution is 0.186. The maximum Gasteiger partial charge on any atom is 0.242 e. The lowest BCUT2D eigenvalue weighted by atomic mass is 10.1. The third-order valence-electron chi connectivity index (χ3n) is 2.95. The summed E-state index contributed by atoms with van der Waals surface area (Å²) in [5.74, 6) is 0.680. The number of halogens is 1. The van der Waals surface area contributed by atoms with Crippen LogP contribution in [0.15, 0.2) is 17.2 Å². The van der Waals surface area contributed by atoms with Crippen molar-refractivity contribution >= 4 is 27.4 Å². The van der Waals surface area contributed by atoms with Crippen LogP contribution in [0, 0.1) is 5.92 Å². The van der Waals surface area contributed by atoms with Crippen molar-refractivity contribution in [2.75, 3.05) is 32.1 Å². The fourth-order valence-electron chi connectivity index (χ4n) is 1.81. The average molecular weight is 306 g/mol. The monoisotopic (exact) mass is 305 g/mol. The van der Waals surface area contributed by atoms with Crippen LogP contribution >= 0.6 is 11.6 Å². The van der Waals surface area contributed by atoms with E-state index in [0.717, 1.165) is 6.42 Å². The molecule has 6 nitrogen and oxygen atoms in total. The van der Waals surface area contributed by atoms with E-state index in [9.17, 15) is 8.42 Å². The highest BCUT2D eigenvalue weighted by atomic mass is 35.5. The number of sulfonamides is 1. The molecule has 2 heterocycles. The average Bonchev–Trinajstić information content (AvgIpc) is 2.89. The zero-order valence-electron chi connectivity index (χ0n) is 10.5. The second kappa shape index (κ2) is 6.04. The van der Waals surface area contributed by atoms with Gasteiger partial charge in [-0.2, -0.15) is 0 Å². The smallest absolute Gasteiger partial charge is 0.242 e. The van der Waals surface area contributed by atoms with E-state index in [2.05, 4.69) is 15.0 Å². The highest BCUT2D eigenvalue weighted by Crippen LogP contribution is 2.22. The predicted octanol–water partition coefficient (Wildman–Crippen LogP) is 1.09. The van der Waals surface area contributed by atoms with Crippen LogP contribution in [0.5, 0.6) is 0 Å². The minimum atomic E-state index is -3.58. The van der Waals surface area contributed by atoms with Crippen molar-refractivity contribution in [2.24, 2.45) is 5.92 Å². The molecule has 0 saturated carbocycles. The molecule has 0 amide bonds. The van der Waals surface area contributed by atoms with Crippen molar-refractivity contribution < 1.29 is 13.2 Å². The normalized spacial score (nSPS) is 19.6. The van der Waals surface area contributed by atoms with Gasteiger partial charge >= 0.3 is 0 Å². The van der Waals surface area contributed by atoms with Gasteiger partial charge in [0, 0.05) is 26.4 Å². The summed E-state index contributed by atoms with van der Waals surface area (Å²) in [6.45, 7) is 1.66. The first-order valence-corrected chi connectivity index (χ1v) is 7.80. The van der Waals surface area contributed by atoms with Crippen LogP contribution in [0.2, 0.25) is 5.02 Å². The fourth-order valence-corrected chi connectivity index (χ4v) is 3.22. The van der Waals surface area contributed by atoms with Crippen LogP contribution in [0.1, 0.15) is 6.42 Å². The van der Waals surface area contributed by atoms with Gasteiger partial charge in [0.25, 0.3) is 0 Å². The van der Waals surface area contributed by atoms with Crippen LogP contribution in [0.4, 0.5) is 5.82 Å². The second-order valence-corrected chi connectivity index (χ2v) is 6.51. The Bertz CT molecular complexity index is 544. The summed E-state index contributed by atoms with van der Waals surface area (Å²) in [5.41, 5.74) is 0. The molecule has 1 aromatic heterocycles. The van der Waals surface area contributed by atoms with Gasteiger partial charge in [-0.05, 0) is 18.4 Å². The quantitative estimate of drug-likeness (QED) is 0.851. The fraction of sp³-hybridized carbons (Fsp3) is 0.545. The molecule has 0 aliphatic carbocycles. The van der Waals surface area contributed by atoms with Gasteiger partial charge in [0.1, 0.15) is 10.7 Å². The lowest BCUT2D eigenvalue weighted by Gasteiger charge is -2.11. The van der Waals surface area contributed by atoms with Gasteiger partial charge in [0.2, 0.25) is 10.0 Å². The number of rotatable bonds is 5. The predicted molar refractivity (Wildman–Crippen MR) is 72.9 cm³/mol. The van der Waals surface area contributed by atoms with Crippen LogP contribution in [0.25, 0.3) is 0 Å².